The van der Waals surface area contributed by atoms with Crippen molar-refractivity contribution in [3.05, 3.63) is 106 Å². The van der Waals surface area contributed by atoms with Crippen LogP contribution in [0.4, 0.5) is 5.69 Å². The van der Waals surface area contributed by atoms with Crippen LogP contribution >= 0.6 is 0 Å². The lowest BCUT2D eigenvalue weighted by Crippen LogP contribution is -2.39. The molecule has 0 bridgehead atoms. The zero-order valence-electron chi connectivity index (χ0n) is 16.6. The molecular formula is C25H18N2O4. The number of nitrogens with zero attached hydrogens (tertiary/aromatic N) is 1. The topological polar surface area (TPSA) is 92.4 Å². The fourth-order valence-corrected chi connectivity index (χ4v) is 3.15. The Morgan fingerprint density at radius 3 is 2.39 bits per heavy atom. The van der Waals surface area contributed by atoms with Crippen molar-refractivity contribution in [1.82, 2.24) is 5.16 Å². The number of hydrogen-bond donors (Lipinski definition) is 2. The van der Waals surface area contributed by atoms with E-state index in [1.54, 1.807) is 67.6 Å². The molecule has 1 aromatic heterocycles. The number of rotatable bonds is 3. The van der Waals surface area contributed by atoms with E-state index in [4.69, 9.17) is 4.52 Å². The monoisotopic (exact) mass is 410 g/mol. The maximum Gasteiger partial charge on any atom is 0.366 e. The highest BCUT2D eigenvalue weighted by Gasteiger charge is 2.36. The molecule has 4 aromatic rings. The van der Waals surface area contributed by atoms with E-state index in [9.17, 15) is 14.7 Å². The molecule has 1 atom stereocenters. The fraction of sp³-hybridized carbons (Fsp3) is 0.0800. The molecule has 31 heavy (non-hydrogen) atoms. The zero-order chi connectivity index (χ0) is 21.8. The van der Waals surface area contributed by atoms with Gasteiger partial charge >= 0.3 is 5.63 Å². The van der Waals surface area contributed by atoms with Gasteiger partial charge in [0.2, 0.25) is 5.60 Å². The van der Waals surface area contributed by atoms with Crippen molar-refractivity contribution >= 4 is 22.4 Å². The van der Waals surface area contributed by atoms with E-state index < -0.39 is 17.1 Å². The zero-order valence-corrected chi connectivity index (χ0v) is 16.6. The molecule has 1 unspecified atom stereocenters. The summed E-state index contributed by atoms with van der Waals surface area (Å²) in [5.41, 5.74) is -0.738. The number of nitrogens with one attached hydrogen (secondary N) is 1. The molecule has 0 radical (unpaired) electrons. The molecule has 0 fully saturated rings. The third-order valence-electron chi connectivity index (χ3n) is 4.83. The first-order valence-corrected chi connectivity index (χ1v) is 9.55. The number of aryl methyl sites for hydroxylation is 1. The summed E-state index contributed by atoms with van der Waals surface area (Å²) in [5.74, 6) is 4.88. The van der Waals surface area contributed by atoms with Crippen LogP contribution in [0.5, 0.6) is 0 Å². The number of anilines is 1. The van der Waals surface area contributed by atoms with Crippen molar-refractivity contribution < 1.29 is 14.4 Å². The predicted octanol–water partition coefficient (Wildman–Crippen LogP) is 3.37. The highest BCUT2D eigenvalue weighted by Crippen LogP contribution is 2.25. The van der Waals surface area contributed by atoms with Gasteiger partial charge in [0.25, 0.3) is 5.91 Å². The van der Waals surface area contributed by atoms with Crippen molar-refractivity contribution in [2.24, 2.45) is 0 Å². The highest BCUT2D eigenvalue weighted by molar-refractivity contribution is 6.01. The van der Waals surface area contributed by atoms with Crippen LogP contribution in [-0.4, -0.2) is 16.2 Å². The number of hydrogen-bond acceptors (Lipinski definition) is 5. The van der Waals surface area contributed by atoms with Gasteiger partial charge in [-0.15, -0.1) is 0 Å². The number of aliphatic hydroxyl groups is 1. The molecule has 0 aliphatic carbocycles. The Morgan fingerprint density at radius 2 is 1.68 bits per heavy atom. The minimum absolute atomic E-state index is 0.343. The molecule has 0 aliphatic rings. The van der Waals surface area contributed by atoms with Gasteiger partial charge in [-0.05, 0) is 43.2 Å². The van der Waals surface area contributed by atoms with Gasteiger partial charge < -0.3 is 14.9 Å². The quantitative estimate of drug-likeness (QED) is 0.505. The maximum atomic E-state index is 13.2. The van der Waals surface area contributed by atoms with Gasteiger partial charge in [-0.2, -0.15) is 0 Å². The molecule has 152 valence electrons. The number of amides is 1. The Bertz CT molecular complexity index is 1370. The molecule has 1 amide bonds. The Balaban J connectivity index is 1.73. The number of carbonyl (C=O) groups is 1. The molecule has 0 saturated carbocycles. The summed E-state index contributed by atoms with van der Waals surface area (Å²) >= 11 is 0. The van der Waals surface area contributed by atoms with Gasteiger partial charge in [-0.25, -0.2) is 4.79 Å². The molecule has 0 aliphatic heterocycles. The Morgan fingerprint density at radius 1 is 1.00 bits per heavy atom. The van der Waals surface area contributed by atoms with Gasteiger partial charge in [0, 0.05) is 22.2 Å². The van der Waals surface area contributed by atoms with Crippen LogP contribution in [0.2, 0.25) is 0 Å². The summed E-state index contributed by atoms with van der Waals surface area (Å²) in [6.45, 7) is 1.70. The molecule has 3 aromatic carbocycles. The first-order valence-electron chi connectivity index (χ1n) is 9.55. The van der Waals surface area contributed by atoms with Crippen LogP contribution in [0.3, 0.4) is 0 Å². The first-order chi connectivity index (χ1) is 15.0. The van der Waals surface area contributed by atoms with Crippen LogP contribution in [0, 0.1) is 18.8 Å². The van der Waals surface area contributed by atoms with Crippen LogP contribution in [0.25, 0.3) is 10.8 Å². The van der Waals surface area contributed by atoms with Gasteiger partial charge in [0.05, 0.1) is 11.1 Å². The third-order valence-corrected chi connectivity index (χ3v) is 4.83. The van der Waals surface area contributed by atoms with E-state index in [0.29, 0.717) is 33.3 Å². The van der Waals surface area contributed by atoms with E-state index >= 15 is 0 Å². The molecule has 6 nitrogen and oxygen atoms in total. The SMILES string of the molecule is Cc1noc(=O)c2ccc(NC(=O)C(O)(C#Cc3ccccc3)c3ccccc3)cc12. The second-order valence-corrected chi connectivity index (χ2v) is 6.96. The van der Waals surface area contributed by atoms with E-state index in [-0.39, 0.29) is 0 Å². The highest BCUT2D eigenvalue weighted by atomic mass is 16.5. The predicted molar refractivity (Wildman–Crippen MR) is 117 cm³/mol. The third kappa shape index (κ3) is 4.08. The van der Waals surface area contributed by atoms with Gasteiger partial charge in [-0.3, -0.25) is 4.79 Å². The molecule has 2 N–H and O–H groups in total. The van der Waals surface area contributed by atoms with E-state index in [0.717, 1.165) is 0 Å². The summed E-state index contributed by atoms with van der Waals surface area (Å²) in [7, 11) is 0. The smallest absolute Gasteiger partial charge is 0.366 e. The summed E-state index contributed by atoms with van der Waals surface area (Å²) < 4.78 is 4.73. The average Bonchev–Trinajstić information content (AvgIpc) is 2.81. The van der Waals surface area contributed by atoms with Gasteiger partial charge in [0.1, 0.15) is 0 Å². The van der Waals surface area contributed by atoms with E-state index in [1.807, 2.05) is 18.2 Å². The number of carbonyl (C=O) groups excluding carboxylic acids is 1. The minimum atomic E-state index is -2.09. The normalized spacial score (nSPS) is 12.5. The molecule has 6 heteroatoms. The lowest BCUT2D eigenvalue weighted by molar-refractivity contribution is -0.129. The molecule has 4 rings (SSSR count). The number of aromatic nitrogens is 1. The fourth-order valence-electron chi connectivity index (χ4n) is 3.15. The van der Waals surface area contributed by atoms with Crippen molar-refractivity contribution in [3.8, 4) is 11.8 Å². The first kappa shape index (κ1) is 20.1. The Hall–Kier alpha value is -4.21. The standard InChI is InChI=1S/C25H18N2O4/c1-17-22-16-20(12-13-21(22)23(28)31-27-17)26-24(29)25(30,19-10-6-3-7-11-19)15-14-18-8-4-2-5-9-18/h2-13,16,30H,1H3,(H,26,29). The van der Waals surface area contributed by atoms with Crippen molar-refractivity contribution in [3.63, 3.8) is 0 Å². The van der Waals surface area contributed by atoms with Crippen LogP contribution < -0.4 is 10.9 Å². The lowest BCUT2D eigenvalue weighted by Gasteiger charge is -2.22. The minimum Gasteiger partial charge on any atom is -0.366 e. The average molecular weight is 410 g/mol. The van der Waals surface area contributed by atoms with E-state index in [2.05, 4.69) is 22.3 Å². The van der Waals surface area contributed by atoms with Crippen molar-refractivity contribution in [2.75, 3.05) is 5.32 Å². The van der Waals surface area contributed by atoms with Crippen LogP contribution in [0.15, 0.2) is 88.2 Å². The Labute approximate surface area is 178 Å². The maximum absolute atomic E-state index is 13.2. The van der Waals surface area contributed by atoms with Crippen LogP contribution in [0.1, 0.15) is 16.8 Å². The lowest BCUT2D eigenvalue weighted by atomic mass is 9.92. The molecule has 0 saturated heterocycles. The second kappa shape index (κ2) is 8.27. The Kier molecular flexibility index (Phi) is 5.35. The molecule has 1 heterocycles. The van der Waals surface area contributed by atoms with E-state index in [1.165, 1.54) is 0 Å². The number of benzene rings is 3. The van der Waals surface area contributed by atoms with Gasteiger partial charge in [0.15, 0.2) is 0 Å². The summed E-state index contributed by atoms with van der Waals surface area (Å²) in [5, 5.41) is 18.6. The molecular weight excluding hydrogens is 392 g/mol. The largest absolute Gasteiger partial charge is 0.366 e. The second-order valence-electron chi connectivity index (χ2n) is 6.96. The molecule has 0 spiro atoms. The summed E-state index contributed by atoms with van der Waals surface area (Å²) in [6.07, 6.45) is 0. The van der Waals surface area contributed by atoms with Crippen molar-refractivity contribution in [2.45, 2.75) is 12.5 Å². The van der Waals surface area contributed by atoms with Gasteiger partial charge in [-0.1, -0.05) is 59.6 Å². The summed E-state index contributed by atoms with van der Waals surface area (Å²) in [4.78, 5) is 25.0. The van der Waals surface area contributed by atoms with Crippen LogP contribution in [-0.2, 0) is 10.4 Å². The summed E-state index contributed by atoms with van der Waals surface area (Å²) in [6, 6.07) is 22.3. The van der Waals surface area contributed by atoms with Crippen molar-refractivity contribution in [1.29, 1.82) is 0 Å². The number of fused-ring (bicyclic) bond motifs is 1.